The van der Waals surface area contributed by atoms with E-state index in [9.17, 15) is 15.0 Å². The first-order valence-electron chi connectivity index (χ1n) is 8.19. The molecular weight excluding hydrogens is 278 g/mol. The highest BCUT2D eigenvalue weighted by molar-refractivity contribution is 5.91. The van der Waals surface area contributed by atoms with Gasteiger partial charge in [-0.3, -0.25) is 4.79 Å². The van der Waals surface area contributed by atoms with Gasteiger partial charge < -0.3 is 15.1 Å². The molecule has 1 heterocycles. The Kier molecular flexibility index (Phi) is 4.00. The topological polar surface area (TPSA) is 60.8 Å². The van der Waals surface area contributed by atoms with Crippen molar-refractivity contribution in [2.24, 2.45) is 0 Å². The summed E-state index contributed by atoms with van der Waals surface area (Å²) >= 11 is 0. The lowest BCUT2D eigenvalue weighted by Gasteiger charge is -2.27. The lowest BCUT2D eigenvalue weighted by molar-refractivity contribution is -0.134. The Morgan fingerprint density at radius 1 is 1.14 bits per heavy atom. The summed E-state index contributed by atoms with van der Waals surface area (Å²) < 4.78 is 0. The molecule has 3 rings (SSSR count). The SMILES string of the molecule is Cc1ccc(C2(C(=O)N3CCCC(O)(CO)CC3)CC2)cc1. The fraction of sp³-hybridized carbons (Fsp3) is 0.611. The quantitative estimate of drug-likeness (QED) is 0.894. The van der Waals surface area contributed by atoms with Crippen LogP contribution in [0.4, 0.5) is 0 Å². The number of aliphatic hydroxyl groups is 2. The number of benzene rings is 1. The molecule has 1 saturated heterocycles. The first-order chi connectivity index (χ1) is 10.5. The number of carbonyl (C=O) groups excluding carboxylic acids is 1. The van der Waals surface area contributed by atoms with Crippen LogP contribution in [0.1, 0.15) is 43.2 Å². The third-order valence-electron chi connectivity index (χ3n) is 5.26. The Balaban J connectivity index is 1.75. The van der Waals surface area contributed by atoms with Crippen LogP contribution < -0.4 is 0 Å². The van der Waals surface area contributed by atoms with E-state index in [1.807, 2.05) is 4.90 Å². The first-order valence-corrected chi connectivity index (χ1v) is 8.19. The third kappa shape index (κ3) is 2.77. The van der Waals surface area contributed by atoms with Crippen LogP contribution in [-0.4, -0.2) is 46.3 Å². The largest absolute Gasteiger partial charge is 0.393 e. The molecule has 0 radical (unpaired) electrons. The molecule has 1 aromatic rings. The van der Waals surface area contributed by atoms with Gasteiger partial charge >= 0.3 is 0 Å². The minimum atomic E-state index is -1.02. The van der Waals surface area contributed by atoms with Crippen LogP contribution in [0.2, 0.25) is 0 Å². The summed E-state index contributed by atoms with van der Waals surface area (Å²) in [5, 5.41) is 19.6. The van der Waals surface area contributed by atoms with E-state index >= 15 is 0 Å². The zero-order valence-corrected chi connectivity index (χ0v) is 13.2. The van der Waals surface area contributed by atoms with E-state index < -0.39 is 5.60 Å². The molecular formula is C18H25NO3. The summed E-state index contributed by atoms with van der Waals surface area (Å²) in [6, 6.07) is 8.27. The fourth-order valence-electron chi connectivity index (χ4n) is 3.47. The minimum Gasteiger partial charge on any atom is -0.393 e. The van der Waals surface area contributed by atoms with Crippen LogP contribution >= 0.6 is 0 Å². The molecule has 0 aromatic heterocycles. The Hall–Kier alpha value is -1.39. The van der Waals surface area contributed by atoms with E-state index in [2.05, 4.69) is 31.2 Å². The lowest BCUT2D eigenvalue weighted by atomic mass is 9.93. The predicted molar refractivity (Wildman–Crippen MR) is 84.6 cm³/mol. The van der Waals surface area contributed by atoms with Crippen molar-refractivity contribution < 1.29 is 15.0 Å². The fourth-order valence-corrected chi connectivity index (χ4v) is 3.47. The monoisotopic (exact) mass is 303 g/mol. The van der Waals surface area contributed by atoms with Crippen molar-refractivity contribution in [2.45, 2.75) is 50.0 Å². The van der Waals surface area contributed by atoms with E-state index in [0.29, 0.717) is 25.9 Å². The Bertz CT molecular complexity index is 550. The number of hydrogen-bond acceptors (Lipinski definition) is 3. The van der Waals surface area contributed by atoms with Crippen LogP contribution in [0, 0.1) is 6.92 Å². The molecule has 0 spiro atoms. The molecule has 4 nitrogen and oxygen atoms in total. The molecule has 1 aliphatic carbocycles. The molecule has 4 heteroatoms. The molecule has 2 fully saturated rings. The van der Waals surface area contributed by atoms with Crippen molar-refractivity contribution in [3.8, 4) is 0 Å². The van der Waals surface area contributed by atoms with Crippen molar-refractivity contribution in [2.75, 3.05) is 19.7 Å². The second kappa shape index (κ2) is 5.67. The van der Waals surface area contributed by atoms with Crippen LogP contribution in [0.3, 0.4) is 0 Å². The number of likely N-dealkylation sites (tertiary alicyclic amines) is 1. The molecule has 120 valence electrons. The molecule has 1 saturated carbocycles. The van der Waals surface area contributed by atoms with Gasteiger partial charge in [0.2, 0.25) is 5.91 Å². The van der Waals surface area contributed by atoms with Crippen LogP contribution in [0.25, 0.3) is 0 Å². The highest BCUT2D eigenvalue weighted by Gasteiger charge is 2.53. The normalized spacial score (nSPS) is 27.3. The first kappa shape index (κ1) is 15.5. The van der Waals surface area contributed by atoms with E-state index in [1.54, 1.807) is 0 Å². The van der Waals surface area contributed by atoms with E-state index in [0.717, 1.165) is 24.8 Å². The molecule has 2 N–H and O–H groups in total. The van der Waals surface area contributed by atoms with Gasteiger partial charge in [0.1, 0.15) is 0 Å². The second-order valence-electron chi connectivity index (χ2n) is 6.98. The maximum Gasteiger partial charge on any atom is 0.233 e. The van der Waals surface area contributed by atoms with Gasteiger partial charge in [-0.25, -0.2) is 0 Å². The molecule has 1 amide bonds. The summed E-state index contributed by atoms with van der Waals surface area (Å²) in [6.07, 6.45) is 3.59. The van der Waals surface area contributed by atoms with Gasteiger partial charge in [0.15, 0.2) is 0 Å². The molecule has 1 aliphatic heterocycles. The number of aliphatic hydroxyl groups excluding tert-OH is 1. The molecule has 22 heavy (non-hydrogen) atoms. The van der Waals surface area contributed by atoms with Gasteiger partial charge in [0.25, 0.3) is 0 Å². The van der Waals surface area contributed by atoms with E-state index in [-0.39, 0.29) is 17.9 Å². The number of nitrogens with zero attached hydrogens (tertiary/aromatic N) is 1. The van der Waals surface area contributed by atoms with Crippen molar-refractivity contribution in [1.29, 1.82) is 0 Å². The molecule has 1 atom stereocenters. The van der Waals surface area contributed by atoms with Gasteiger partial charge in [-0.2, -0.15) is 0 Å². The smallest absolute Gasteiger partial charge is 0.233 e. The van der Waals surface area contributed by atoms with Gasteiger partial charge in [0.05, 0.1) is 17.6 Å². The van der Waals surface area contributed by atoms with E-state index in [4.69, 9.17) is 0 Å². The summed E-state index contributed by atoms with van der Waals surface area (Å²) in [6.45, 7) is 3.03. The summed E-state index contributed by atoms with van der Waals surface area (Å²) in [4.78, 5) is 14.9. The highest BCUT2D eigenvalue weighted by Crippen LogP contribution is 2.50. The van der Waals surface area contributed by atoms with E-state index in [1.165, 1.54) is 5.56 Å². The second-order valence-corrected chi connectivity index (χ2v) is 6.98. The van der Waals surface area contributed by atoms with Gasteiger partial charge in [-0.1, -0.05) is 29.8 Å². The summed E-state index contributed by atoms with van der Waals surface area (Å²) in [5.74, 6) is 0.193. The number of rotatable bonds is 3. The average Bonchev–Trinajstić information content (AvgIpc) is 3.33. The van der Waals surface area contributed by atoms with Crippen molar-refractivity contribution >= 4 is 5.91 Å². The van der Waals surface area contributed by atoms with Crippen LogP contribution in [0.5, 0.6) is 0 Å². The third-order valence-corrected chi connectivity index (χ3v) is 5.26. The van der Waals surface area contributed by atoms with Gasteiger partial charge in [-0.05, 0) is 44.6 Å². The van der Waals surface area contributed by atoms with Crippen LogP contribution in [-0.2, 0) is 10.2 Å². The van der Waals surface area contributed by atoms with Gasteiger partial charge in [-0.15, -0.1) is 0 Å². The standard InChI is InChI=1S/C18H25NO3/c1-14-3-5-15(6-4-14)18(8-9-18)16(21)19-11-2-7-17(22,13-20)10-12-19/h3-6,20,22H,2,7-13H2,1H3. The van der Waals surface area contributed by atoms with Crippen molar-refractivity contribution in [1.82, 2.24) is 4.90 Å². The predicted octanol–water partition coefficient (Wildman–Crippen LogP) is 1.76. The van der Waals surface area contributed by atoms with Gasteiger partial charge in [0, 0.05) is 13.1 Å². The van der Waals surface area contributed by atoms with Crippen LogP contribution in [0.15, 0.2) is 24.3 Å². The Morgan fingerprint density at radius 3 is 2.41 bits per heavy atom. The lowest BCUT2D eigenvalue weighted by Crippen LogP contribution is -2.41. The molecule has 2 aliphatic rings. The highest BCUT2D eigenvalue weighted by atomic mass is 16.3. The zero-order valence-electron chi connectivity index (χ0n) is 13.2. The Labute approximate surface area is 131 Å². The van der Waals surface area contributed by atoms with Crippen molar-refractivity contribution in [3.63, 3.8) is 0 Å². The Morgan fingerprint density at radius 2 is 1.82 bits per heavy atom. The molecule has 1 aromatic carbocycles. The minimum absolute atomic E-state index is 0.193. The maximum absolute atomic E-state index is 13.0. The number of carbonyl (C=O) groups is 1. The molecule has 0 bridgehead atoms. The average molecular weight is 303 g/mol. The summed E-state index contributed by atoms with van der Waals surface area (Å²) in [5.41, 5.74) is 0.963. The maximum atomic E-state index is 13.0. The molecule has 1 unspecified atom stereocenters. The summed E-state index contributed by atoms with van der Waals surface area (Å²) in [7, 11) is 0. The number of aryl methyl sites for hydroxylation is 1. The van der Waals surface area contributed by atoms with Crippen molar-refractivity contribution in [3.05, 3.63) is 35.4 Å². The number of amides is 1. The number of hydrogen-bond donors (Lipinski definition) is 2. The zero-order chi connectivity index (χ0) is 15.8.